The molecule has 294 valence electrons. The molecule has 3 aromatic rings. The Hall–Kier alpha value is -4.32. The van der Waals surface area contributed by atoms with E-state index in [0.29, 0.717) is 31.6 Å². The fourth-order valence-corrected chi connectivity index (χ4v) is 10.1. The predicted molar refractivity (Wildman–Crippen MR) is 209 cm³/mol. The first-order chi connectivity index (χ1) is 26.0. The van der Waals surface area contributed by atoms with Crippen LogP contribution in [0.3, 0.4) is 0 Å². The van der Waals surface area contributed by atoms with E-state index in [1.807, 2.05) is 67.6 Å². The molecule has 2 saturated carbocycles. The van der Waals surface area contributed by atoms with Crippen molar-refractivity contribution in [3.8, 4) is 5.88 Å². The van der Waals surface area contributed by atoms with Crippen LogP contribution in [-0.4, -0.2) is 71.4 Å². The van der Waals surface area contributed by atoms with Crippen LogP contribution in [0.1, 0.15) is 92.4 Å². The first-order valence-electron chi connectivity index (χ1n) is 19.8. The van der Waals surface area contributed by atoms with Crippen molar-refractivity contribution in [2.24, 2.45) is 29.1 Å². The number of nitrogens with one attached hydrogen (secondary N) is 1. The van der Waals surface area contributed by atoms with Crippen molar-refractivity contribution >= 4 is 55.3 Å². The van der Waals surface area contributed by atoms with E-state index in [4.69, 9.17) is 14.5 Å². The number of benzene rings is 2. The number of pyridine rings is 1. The fraction of sp³-hybridized carbons (Fsp3) is 0.558. The summed E-state index contributed by atoms with van der Waals surface area (Å²) in [5.74, 6) is -2.48. The summed E-state index contributed by atoms with van der Waals surface area (Å²) in [5, 5.41) is 2.15. The third-order valence-electron chi connectivity index (χ3n) is 11.8. The number of ketones is 1. The molecule has 7 rings (SSSR count). The lowest BCUT2D eigenvalue weighted by Crippen LogP contribution is -2.47. The molecule has 3 fully saturated rings. The Bertz CT molecular complexity index is 2140. The van der Waals surface area contributed by atoms with E-state index in [0.717, 1.165) is 34.5 Å². The highest BCUT2D eigenvalue weighted by Gasteiger charge is 2.61. The zero-order valence-electron chi connectivity index (χ0n) is 32.5. The maximum absolute atomic E-state index is 14.9. The number of allylic oxidation sites excluding steroid dienone is 2. The Labute approximate surface area is 323 Å². The van der Waals surface area contributed by atoms with Gasteiger partial charge in [0.2, 0.25) is 27.7 Å². The Morgan fingerprint density at radius 1 is 0.964 bits per heavy atom. The SMILES string of the molecule is C[C@H]1CC/C=C\[C@@H]2C[C@@]2(C(=O)NS(=O)(=O)C2CC2)CC(=O)C2C[C@@H](Oc3nc4ccccc4c4ccccc34)CN2C(=O)[C@@H](CC(=O)OC(C)(C)C)[C@H](C)C1. The van der Waals surface area contributed by atoms with Crippen molar-refractivity contribution in [1.29, 1.82) is 0 Å². The maximum Gasteiger partial charge on any atom is 0.307 e. The number of rotatable bonds is 7. The van der Waals surface area contributed by atoms with Crippen molar-refractivity contribution in [1.82, 2.24) is 14.6 Å². The van der Waals surface area contributed by atoms with Crippen molar-refractivity contribution < 1.29 is 37.1 Å². The lowest BCUT2D eigenvalue weighted by molar-refractivity contribution is -0.160. The molecule has 0 spiro atoms. The summed E-state index contributed by atoms with van der Waals surface area (Å²) in [6, 6.07) is 14.6. The zero-order valence-corrected chi connectivity index (χ0v) is 33.3. The molecule has 1 aromatic heterocycles. The van der Waals surface area contributed by atoms with Gasteiger partial charge in [-0.2, -0.15) is 0 Å². The van der Waals surface area contributed by atoms with Crippen molar-refractivity contribution in [3.05, 3.63) is 60.7 Å². The van der Waals surface area contributed by atoms with Crippen molar-refractivity contribution in [2.75, 3.05) is 6.54 Å². The van der Waals surface area contributed by atoms with Gasteiger partial charge in [0.1, 0.15) is 11.7 Å². The number of nitrogens with zero attached hydrogens (tertiary/aromatic N) is 2. The number of carbonyl (C=O) groups excluding carboxylic acids is 4. The molecule has 12 heteroatoms. The lowest BCUT2D eigenvalue weighted by atomic mass is 9.82. The van der Waals surface area contributed by atoms with E-state index < -0.39 is 56.2 Å². The number of aromatic nitrogens is 1. The summed E-state index contributed by atoms with van der Waals surface area (Å²) in [7, 11) is -3.85. The largest absolute Gasteiger partial charge is 0.472 e. The summed E-state index contributed by atoms with van der Waals surface area (Å²) in [6.07, 6.45) is 6.71. The van der Waals surface area contributed by atoms with Crippen LogP contribution in [0.5, 0.6) is 5.88 Å². The highest BCUT2D eigenvalue weighted by Crippen LogP contribution is 2.57. The number of amides is 2. The molecule has 2 aromatic carbocycles. The van der Waals surface area contributed by atoms with E-state index in [1.165, 1.54) is 0 Å². The van der Waals surface area contributed by atoms with Gasteiger partial charge in [-0.1, -0.05) is 62.4 Å². The van der Waals surface area contributed by atoms with Crippen LogP contribution in [-0.2, 0) is 33.9 Å². The molecule has 7 atom stereocenters. The van der Waals surface area contributed by atoms with E-state index in [-0.39, 0.29) is 55.3 Å². The number of para-hydroxylation sites is 1. The van der Waals surface area contributed by atoms with Crippen molar-refractivity contribution in [3.63, 3.8) is 0 Å². The number of Topliss-reactive ketones (excluding diaryl/α,β-unsaturated/α-hetero) is 1. The van der Waals surface area contributed by atoms with Gasteiger partial charge in [0.05, 0.1) is 41.1 Å². The van der Waals surface area contributed by atoms with Crippen LogP contribution >= 0.6 is 0 Å². The van der Waals surface area contributed by atoms with Crippen molar-refractivity contribution in [2.45, 2.75) is 115 Å². The number of sulfonamides is 1. The summed E-state index contributed by atoms with van der Waals surface area (Å²) in [6.45, 7) is 9.55. The Morgan fingerprint density at radius 2 is 1.65 bits per heavy atom. The fourth-order valence-electron chi connectivity index (χ4n) is 8.67. The summed E-state index contributed by atoms with van der Waals surface area (Å²) >= 11 is 0. The molecule has 2 amide bonds. The quantitative estimate of drug-likeness (QED) is 0.158. The van der Waals surface area contributed by atoms with E-state index in [2.05, 4.69) is 11.6 Å². The molecule has 2 aliphatic heterocycles. The second kappa shape index (κ2) is 15.0. The number of hydrogen-bond acceptors (Lipinski definition) is 9. The third kappa shape index (κ3) is 8.44. The lowest BCUT2D eigenvalue weighted by Gasteiger charge is -2.32. The molecule has 0 bridgehead atoms. The number of hydrogen-bond donors (Lipinski definition) is 1. The Kier molecular flexibility index (Phi) is 10.6. The molecule has 11 nitrogen and oxygen atoms in total. The molecule has 0 radical (unpaired) electrons. The van der Waals surface area contributed by atoms with Gasteiger partial charge in [-0.05, 0) is 94.6 Å². The highest BCUT2D eigenvalue weighted by molar-refractivity contribution is 7.90. The van der Waals surface area contributed by atoms with Crippen LogP contribution in [0.15, 0.2) is 60.7 Å². The van der Waals surface area contributed by atoms with E-state index >= 15 is 0 Å². The van der Waals surface area contributed by atoms with Gasteiger partial charge in [-0.25, -0.2) is 13.4 Å². The van der Waals surface area contributed by atoms with Gasteiger partial charge in [0, 0.05) is 23.6 Å². The zero-order chi connectivity index (χ0) is 39.3. The van der Waals surface area contributed by atoms with Crippen LogP contribution in [0.2, 0.25) is 0 Å². The second-order valence-corrected chi connectivity index (χ2v) is 19.4. The topological polar surface area (TPSA) is 149 Å². The van der Waals surface area contributed by atoms with Gasteiger partial charge >= 0.3 is 5.97 Å². The Balaban J connectivity index is 1.24. The van der Waals surface area contributed by atoms with Gasteiger partial charge in [-0.3, -0.25) is 23.9 Å². The van der Waals surface area contributed by atoms with E-state index in [1.54, 1.807) is 25.7 Å². The molecule has 3 heterocycles. The average molecular weight is 772 g/mol. The monoisotopic (exact) mass is 771 g/mol. The van der Waals surface area contributed by atoms with Crippen LogP contribution in [0, 0.1) is 29.1 Å². The first-order valence-corrected chi connectivity index (χ1v) is 21.3. The normalized spacial score (nSPS) is 29.8. The Morgan fingerprint density at radius 3 is 2.36 bits per heavy atom. The molecule has 4 aliphatic rings. The smallest absolute Gasteiger partial charge is 0.307 e. The van der Waals surface area contributed by atoms with Gasteiger partial charge in [0.15, 0.2) is 5.78 Å². The molecular weight excluding hydrogens is 719 g/mol. The number of fused-ring (bicyclic) bond motifs is 5. The van der Waals surface area contributed by atoms with Crippen LogP contribution in [0.25, 0.3) is 21.7 Å². The summed E-state index contributed by atoms with van der Waals surface area (Å²) < 4.78 is 40.5. The van der Waals surface area contributed by atoms with Crippen LogP contribution in [0.4, 0.5) is 0 Å². The van der Waals surface area contributed by atoms with Crippen LogP contribution < -0.4 is 9.46 Å². The van der Waals surface area contributed by atoms with Gasteiger partial charge in [0.25, 0.3) is 0 Å². The average Bonchev–Trinajstić information content (AvgIpc) is 4.05. The second-order valence-electron chi connectivity index (χ2n) is 17.5. The predicted octanol–water partition coefficient (Wildman–Crippen LogP) is 6.67. The number of carbonyl (C=O) groups is 4. The minimum absolute atomic E-state index is 0.0732. The summed E-state index contributed by atoms with van der Waals surface area (Å²) in [4.78, 5) is 63.2. The molecule has 1 unspecified atom stereocenters. The highest BCUT2D eigenvalue weighted by atomic mass is 32.2. The molecule has 1 N–H and O–H groups in total. The number of ether oxygens (including phenoxy) is 2. The van der Waals surface area contributed by atoms with E-state index in [9.17, 15) is 27.6 Å². The third-order valence-corrected chi connectivity index (χ3v) is 13.6. The summed E-state index contributed by atoms with van der Waals surface area (Å²) in [5.41, 5.74) is -1.24. The molecule has 55 heavy (non-hydrogen) atoms. The maximum atomic E-state index is 14.9. The standard InChI is InChI=1S/C43H53N3O8S/c1-26-12-6-7-13-28-23-43(28,41(50)45-55(51,52)30-18-19-30)24-37(47)36-21-29(25-46(36)40(49)34(27(2)20-26)22-38(48)54-42(3,4)5)53-39-33-16-9-8-14-31(33)32-15-10-11-17-35(32)44-39/h7-11,13-17,26-30,34,36H,6,12,18-25H2,1-5H3,(H,45,50)/b13-7-/t26-,27+,28+,29+,34-,36?,43+/m0/s1. The molecule has 2 aliphatic carbocycles. The minimum atomic E-state index is -3.85. The minimum Gasteiger partial charge on any atom is -0.472 e. The van der Waals surface area contributed by atoms with Gasteiger partial charge in [-0.15, -0.1) is 0 Å². The molecule has 1 saturated heterocycles. The van der Waals surface area contributed by atoms with Gasteiger partial charge < -0.3 is 14.4 Å². The molecular formula is C43H53N3O8S. The first kappa shape index (κ1) is 38.9. The number of esters is 1.